The number of imidazole rings is 1. The van der Waals surface area contributed by atoms with Crippen molar-refractivity contribution in [1.82, 2.24) is 14.9 Å². The Balaban J connectivity index is 2.19. The van der Waals surface area contributed by atoms with Crippen LogP contribution in [0.4, 0.5) is 4.39 Å². The Morgan fingerprint density at radius 3 is 2.89 bits per heavy atom. The predicted octanol–water partition coefficient (Wildman–Crippen LogP) is 2.42. The van der Waals surface area contributed by atoms with Gasteiger partial charge in [-0.15, -0.1) is 0 Å². The highest BCUT2D eigenvalue weighted by Gasteiger charge is 2.12. The number of nitrogens with zero attached hydrogens (tertiary/aromatic N) is 2. The van der Waals surface area contributed by atoms with E-state index in [9.17, 15) is 4.39 Å². The van der Waals surface area contributed by atoms with E-state index in [1.807, 2.05) is 31.8 Å². The van der Waals surface area contributed by atoms with Crippen LogP contribution >= 0.6 is 0 Å². The van der Waals surface area contributed by atoms with E-state index in [2.05, 4.69) is 10.3 Å². The zero-order chi connectivity index (χ0) is 13.8. The molecule has 1 heterocycles. The minimum atomic E-state index is -0.304. The second kappa shape index (κ2) is 5.84. The van der Waals surface area contributed by atoms with Crippen molar-refractivity contribution in [2.45, 2.75) is 19.6 Å². The molecule has 102 valence electrons. The van der Waals surface area contributed by atoms with Crippen molar-refractivity contribution >= 4 is 0 Å². The number of aryl methyl sites for hydroxylation is 1. The van der Waals surface area contributed by atoms with Gasteiger partial charge in [0, 0.05) is 37.1 Å². The van der Waals surface area contributed by atoms with Gasteiger partial charge in [-0.25, -0.2) is 9.37 Å². The average Bonchev–Trinajstić information content (AvgIpc) is 2.81. The van der Waals surface area contributed by atoms with Gasteiger partial charge in [0.25, 0.3) is 0 Å². The summed E-state index contributed by atoms with van der Waals surface area (Å²) in [5, 5.41) is 3.12. The highest BCUT2D eigenvalue weighted by Crippen LogP contribution is 2.26. The molecule has 0 saturated carbocycles. The van der Waals surface area contributed by atoms with Crippen molar-refractivity contribution in [3.8, 4) is 5.75 Å². The molecule has 1 atom stereocenters. The fourth-order valence-electron chi connectivity index (χ4n) is 1.82. The maximum absolute atomic E-state index is 13.3. The van der Waals surface area contributed by atoms with Gasteiger partial charge in [0.1, 0.15) is 24.0 Å². The molecular weight excluding hydrogens is 245 g/mol. The van der Waals surface area contributed by atoms with Gasteiger partial charge in [-0.1, -0.05) is 6.07 Å². The third-order valence-electron chi connectivity index (χ3n) is 3.15. The van der Waals surface area contributed by atoms with Gasteiger partial charge in [-0.3, -0.25) is 0 Å². The first-order valence-electron chi connectivity index (χ1n) is 6.17. The average molecular weight is 263 g/mol. The molecule has 4 nitrogen and oxygen atoms in total. The Morgan fingerprint density at radius 2 is 2.26 bits per heavy atom. The zero-order valence-corrected chi connectivity index (χ0v) is 11.4. The van der Waals surface area contributed by atoms with E-state index in [4.69, 9.17) is 4.74 Å². The van der Waals surface area contributed by atoms with Crippen LogP contribution in [-0.4, -0.2) is 16.6 Å². The van der Waals surface area contributed by atoms with Crippen LogP contribution in [0.15, 0.2) is 30.6 Å². The smallest absolute Gasteiger partial charge is 0.146 e. The van der Waals surface area contributed by atoms with Crippen molar-refractivity contribution in [2.24, 2.45) is 7.05 Å². The van der Waals surface area contributed by atoms with Gasteiger partial charge in [0.2, 0.25) is 0 Å². The van der Waals surface area contributed by atoms with E-state index >= 15 is 0 Å². The van der Waals surface area contributed by atoms with Crippen LogP contribution in [0.3, 0.4) is 0 Å². The van der Waals surface area contributed by atoms with Crippen LogP contribution in [0.5, 0.6) is 5.75 Å². The summed E-state index contributed by atoms with van der Waals surface area (Å²) in [4.78, 5) is 4.18. The second-order valence-corrected chi connectivity index (χ2v) is 4.44. The van der Waals surface area contributed by atoms with Gasteiger partial charge in [-0.2, -0.15) is 0 Å². The Labute approximate surface area is 112 Å². The van der Waals surface area contributed by atoms with Crippen molar-refractivity contribution < 1.29 is 9.13 Å². The van der Waals surface area contributed by atoms with Gasteiger partial charge >= 0.3 is 0 Å². The summed E-state index contributed by atoms with van der Waals surface area (Å²) in [7, 11) is 3.75. The predicted molar refractivity (Wildman–Crippen MR) is 71.4 cm³/mol. The number of ether oxygens (including phenoxy) is 1. The lowest BCUT2D eigenvalue weighted by molar-refractivity contribution is 0.285. The molecule has 0 bridgehead atoms. The fourth-order valence-corrected chi connectivity index (χ4v) is 1.82. The van der Waals surface area contributed by atoms with Gasteiger partial charge < -0.3 is 14.6 Å². The fraction of sp³-hybridized carbons (Fsp3) is 0.357. The van der Waals surface area contributed by atoms with E-state index in [0.29, 0.717) is 12.4 Å². The molecule has 1 aromatic heterocycles. The van der Waals surface area contributed by atoms with E-state index in [-0.39, 0.29) is 11.9 Å². The van der Waals surface area contributed by atoms with E-state index in [1.165, 1.54) is 12.1 Å². The van der Waals surface area contributed by atoms with Gasteiger partial charge in [0.05, 0.1) is 0 Å². The molecule has 0 aliphatic carbocycles. The molecule has 19 heavy (non-hydrogen) atoms. The van der Waals surface area contributed by atoms with Crippen LogP contribution in [0.25, 0.3) is 0 Å². The van der Waals surface area contributed by atoms with Crippen molar-refractivity contribution in [3.63, 3.8) is 0 Å². The lowest BCUT2D eigenvalue weighted by Gasteiger charge is -2.16. The number of nitrogens with one attached hydrogen (secondary N) is 1. The molecule has 0 radical (unpaired) electrons. The third-order valence-corrected chi connectivity index (χ3v) is 3.15. The maximum Gasteiger partial charge on any atom is 0.146 e. The molecule has 0 amide bonds. The van der Waals surface area contributed by atoms with Crippen LogP contribution in [0.1, 0.15) is 24.4 Å². The molecule has 2 aromatic rings. The molecule has 2 rings (SSSR count). The van der Waals surface area contributed by atoms with Crippen LogP contribution < -0.4 is 10.1 Å². The topological polar surface area (TPSA) is 39.1 Å². The molecule has 1 N–H and O–H groups in total. The molecule has 5 heteroatoms. The minimum Gasteiger partial charge on any atom is -0.485 e. The summed E-state index contributed by atoms with van der Waals surface area (Å²) < 4.78 is 20.9. The summed E-state index contributed by atoms with van der Waals surface area (Å²) >= 11 is 0. The first-order valence-corrected chi connectivity index (χ1v) is 6.17. The van der Waals surface area contributed by atoms with Crippen LogP contribution in [0, 0.1) is 5.82 Å². The number of benzene rings is 1. The largest absolute Gasteiger partial charge is 0.485 e. The first-order chi connectivity index (χ1) is 9.11. The molecular formula is C14H18FN3O. The molecule has 0 fully saturated rings. The van der Waals surface area contributed by atoms with Crippen molar-refractivity contribution in [2.75, 3.05) is 7.05 Å². The lowest BCUT2D eigenvalue weighted by Crippen LogP contribution is -2.14. The van der Waals surface area contributed by atoms with Crippen LogP contribution in [0.2, 0.25) is 0 Å². The Hall–Kier alpha value is -1.88. The summed E-state index contributed by atoms with van der Waals surface area (Å²) in [5.41, 5.74) is 0.929. The highest BCUT2D eigenvalue weighted by atomic mass is 19.1. The third kappa shape index (κ3) is 3.12. The molecule has 0 aliphatic rings. The standard InChI is InChI=1S/C14H18FN3O/c1-10(16-2)12-5-4-11(15)8-13(12)19-9-14-17-6-7-18(14)3/h4-8,10,16H,9H2,1-3H3. The number of rotatable bonds is 5. The minimum absolute atomic E-state index is 0.0944. The molecule has 0 spiro atoms. The normalized spacial score (nSPS) is 12.4. The molecule has 0 aliphatic heterocycles. The van der Waals surface area contributed by atoms with Crippen LogP contribution in [-0.2, 0) is 13.7 Å². The zero-order valence-electron chi connectivity index (χ0n) is 11.4. The van der Waals surface area contributed by atoms with Gasteiger partial charge in [-0.05, 0) is 20.0 Å². The SMILES string of the molecule is CNC(C)c1ccc(F)cc1OCc1nccn1C. The summed E-state index contributed by atoms with van der Waals surface area (Å²) in [6, 6.07) is 4.68. The van der Waals surface area contributed by atoms with E-state index < -0.39 is 0 Å². The number of halogens is 1. The molecule has 1 aromatic carbocycles. The maximum atomic E-state index is 13.3. The quantitative estimate of drug-likeness (QED) is 0.900. The van der Waals surface area contributed by atoms with E-state index in [1.54, 1.807) is 12.3 Å². The Kier molecular flexibility index (Phi) is 4.16. The summed E-state index contributed by atoms with van der Waals surface area (Å²) in [6.45, 7) is 2.32. The van der Waals surface area contributed by atoms with Gasteiger partial charge in [0.15, 0.2) is 0 Å². The second-order valence-electron chi connectivity index (χ2n) is 4.44. The number of aromatic nitrogens is 2. The first kappa shape index (κ1) is 13.5. The highest BCUT2D eigenvalue weighted by molar-refractivity contribution is 5.36. The number of hydrogen-bond donors (Lipinski definition) is 1. The summed E-state index contributed by atoms with van der Waals surface area (Å²) in [5.74, 6) is 1.04. The Morgan fingerprint density at radius 1 is 1.47 bits per heavy atom. The van der Waals surface area contributed by atoms with Crippen molar-refractivity contribution in [1.29, 1.82) is 0 Å². The molecule has 0 saturated heterocycles. The lowest BCUT2D eigenvalue weighted by atomic mass is 10.1. The molecule has 1 unspecified atom stereocenters. The van der Waals surface area contributed by atoms with Crippen molar-refractivity contribution in [3.05, 3.63) is 47.8 Å². The number of hydrogen-bond acceptors (Lipinski definition) is 3. The summed E-state index contributed by atoms with van der Waals surface area (Å²) in [6.07, 6.45) is 3.56. The Bertz CT molecular complexity index is 553. The van der Waals surface area contributed by atoms with E-state index in [0.717, 1.165) is 11.4 Å². The monoisotopic (exact) mass is 263 g/mol.